The Kier molecular flexibility index (Phi) is 8.97. The molecule has 4 nitrogen and oxygen atoms in total. The molecule has 0 saturated heterocycles. The lowest BCUT2D eigenvalue weighted by molar-refractivity contribution is -0.142. The van der Waals surface area contributed by atoms with Crippen LogP contribution in [0.2, 0.25) is 0 Å². The van der Waals surface area contributed by atoms with E-state index in [0.29, 0.717) is 37.2 Å². The topological polar surface area (TPSA) is 52.6 Å². The summed E-state index contributed by atoms with van der Waals surface area (Å²) in [4.78, 5) is 23.6. The van der Waals surface area contributed by atoms with Gasteiger partial charge in [0.15, 0.2) is 0 Å². The van der Waals surface area contributed by atoms with E-state index in [1.54, 1.807) is 0 Å². The van der Waals surface area contributed by atoms with E-state index < -0.39 is 11.9 Å². The van der Waals surface area contributed by atoms with Crippen LogP contribution in [0.1, 0.15) is 53.4 Å². The van der Waals surface area contributed by atoms with Crippen molar-refractivity contribution in [3.63, 3.8) is 0 Å². The summed E-state index contributed by atoms with van der Waals surface area (Å²) in [6.45, 7) is 8.29. The molecule has 0 fully saturated rings. The number of hydrogen-bond donors (Lipinski definition) is 0. The summed E-state index contributed by atoms with van der Waals surface area (Å²) in [6.07, 6.45) is 2.49. The van der Waals surface area contributed by atoms with Gasteiger partial charge in [0.25, 0.3) is 0 Å². The maximum absolute atomic E-state index is 11.8. The minimum atomic E-state index is -0.398. The SMILES string of the molecule is CCCOC(=O)/C(CC)=C(/CC)C(=O)OCCC. The Hall–Kier alpha value is -1.32. The van der Waals surface area contributed by atoms with Crippen LogP contribution in [0.5, 0.6) is 0 Å². The minimum absolute atomic E-state index is 0.378. The molecular formula is C14H24O4. The average molecular weight is 256 g/mol. The molecule has 0 aliphatic heterocycles. The van der Waals surface area contributed by atoms with Crippen molar-refractivity contribution in [2.45, 2.75) is 53.4 Å². The first-order chi connectivity index (χ1) is 8.62. The smallest absolute Gasteiger partial charge is 0.334 e. The zero-order valence-electron chi connectivity index (χ0n) is 11.9. The fraction of sp³-hybridized carbons (Fsp3) is 0.714. The molecule has 0 heterocycles. The molecule has 0 aromatic carbocycles. The summed E-state index contributed by atoms with van der Waals surface area (Å²) in [6, 6.07) is 0. The van der Waals surface area contributed by atoms with Crippen molar-refractivity contribution in [3.05, 3.63) is 11.1 Å². The monoisotopic (exact) mass is 256 g/mol. The lowest BCUT2D eigenvalue weighted by atomic mass is 10.0. The lowest BCUT2D eigenvalue weighted by Gasteiger charge is -2.11. The van der Waals surface area contributed by atoms with E-state index in [9.17, 15) is 9.59 Å². The molecule has 0 radical (unpaired) electrons. The van der Waals surface area contributed by atoms with E-state index in [2.05, 4.69) is 0 Å². The lowest BCUT2D eigenvalue weighted by Crippen LogP contribution is -2.16. The van der Waals surface area contributed by atoms with Crippen molar-refractivity contribution in [1.29, 1.82) is 0 Å². The molecule has 18 heavy (non-hydrogen) atoms. The molecule has 0 aliphatic carbocycles. The summed E-state index contributed by atoms with van der Waals surface area (Å²) in [7, 11) is 0. The fourth-order valence-electron chi connectivity index (χ4n) is 1.53. The van der Waals surface area contributed by atoms with Gasteiger partial charge < -0.3 is 9.47 Å². The highest BCUT2D eigenvalue weighted by atomic mass is 16.5. The second kappa shape index (κ2) is 9.68. The molecular weight excluding hydrogens is 232 g/mol. The minimum Gasteiger partial charge on any atom is -0.462 e. The van der Waals surface area contributed by atoms with Crippen LogP contribution in [-0.2, 0) is 19.1 Å². The van der Waals surface area contributed by atoms with Gasteiger partial charge in [0.2, 0.25) is 0 Å². The molecule has 0 saturated carbocycles. The van der Waals surface area contributed by atoms with Gasteiger partial charge in [-0.25, -0.2) is 9.59 Å². The van der Waals surface area contributed by atoms with Crippen molar-refractivity contribution in [2.24, 2.45) is 0 Å². The Morgan fingerprint density at radius 3 is 1.28 bits per heavy atom. The van der Waals surface area contributed by atoms with Crippen molar-refractivity contribution in [2.75, 3.05) is 13.2 Å². The number of rotatable bonds is 8. The summed E-state index contributed by atoms with van der Waals surface area (Å²) < 4.78 is 10.2. The van der Waals surface area contributed by atoms with Crippen LogP contribution in [-0.4, -0.2) is 25.2 Å². The van der Waals surface area contributed by atoms with E-state index in [0.717, 1.165) is 12.8 Å². The van der Waals surface area contributed by atoms with Gasteiger partial charge in [-0.1, -0.05) is 27.7 Å². The highest BCUT2D eigenvalue weighted by Gasteiger charge is 2.20. The van der Waals surface area contributed by atoms with Crippen LogP contribution in [0.4, 0.5) is 0 Å². The molecule has 0 N–H and O–H groups in total. The average Bonchev–Trinajstić information content (AvgIpc) is 2.39. The van der Waals surface area contributed by atoms with Crippen LogP contribution >= 0.6 is 0 Å². The second-order valence-corrected chi connectivity index (χ2v) is 3.94. The molecule has 0 aliphatic rings. The molecule has 0 spiro atoms. The van der Waals surface area contributed by atoms with Crippen molar-refractivity contribution < 1.29 is 19.1 Å². The first-order valence-electron chi connectivity index (χ1n) is 6.68. The van der Waals surface area contributed by atoms with Crippen LogP contribution < -0.4 is 0 Å². The summed E-state index contributed by atoms with van der Waals surface area (Å²) in [5.41, 5.74) is 0.874. The highest BCUT2D eigenvalue weighted by Crippen LogP contribution is 2.16. The second-order valence-electron chi connectivity index (χ2n) is 3.94. The maximum atomic E-state index is 11.8. The Labute approximate surface area is 109 Å². The third-order valence-electron chi connectivity index (χ3n) is 2.44. The van der Waals surface area contributed by atoms with Crippen LogP contribution in [0.3, 0.4) is 0 Å². The zero-order valence-corrected chi connectivity index (χ0v) is 11.9. The summed E-state index contributed by atoms with van der Waals surface area (Å²) >= 11 is 0. The molecule has 0 unspecified atom stereocenters. The molecule has 0 aromatic rings. The van der Waals surface area contributed by atoms with Gasteiger partial charge >= 0.3 is 11.9 Å². The number of hydrogen-bond acceptors (Lipinski definition) is 4. The third kappa shape index (κ3) is 5.34. The molecule has 0 atom stereocenters. The van der Waals surface area contributed by atoms with Crippen LogP contribution in [0.15, 0.2) is 11.1 Å². The molecule has 0 bridgehead atoms. The Balaban J connectivity index is 4.91. The number of esters is 2. The Morgan fingerprint density at radius 1 is 0.722 bits per heavy atom. The van der Waals surface area contributed by atoms with E-state index in [1.165, 1.54) is 0 Å². The predicted molar refractivity (Wildman–Crippen MR) is 70.1 cm³/mol. The standard InChI is InChI=1S/C14H24O4/c1-5-9-17-13(15)11(7-3)12(8-4)14(16)18-10-6-2/h5-10H2,1-4H3/b12-11-. The van der Waals surface area contributed by atoms with Gasteiger partial charge in [-0.15, -0.1) is 0 Å². The number of carbonyl (C=O) groups is 2. The van der Waals surface area contributed by atoms with Gasteiger partial charge in [0.1, 0.15) is 0 Å². The Bertz CT molecular complexity index is 275. The quantitative estimate of drug-likeness (QED) is 0.495. The van der Waals surface area contributed by atoms with Gasteiger partial charge in [0.05, 0.1) is 13.2 Å². The van der Waals surface area contributed by atoms with E-state index in [-0.39, 0.29) is 0 Å². The van der Waals surface area contributed by atoms with Gasteiger partial charge in [-0.3, -0.25) is 0 Å². The molecule has 104 valence electrons. The number of ether oxygens (including phenoxy) is 2. The maximum Gasteiger partial charge on any atom is 0.334 e. The van der Waals surface area contributed by atoms with Crippen LogP contribution in [0.25, 0.3) is 0 Å². The van der Waals surface area contributed by atoms with E-state index in [4.69, 9.17) is 9.47 Å². The van der Waals surface area contributed by atoms with E-state index in [1.807, 2.05) is 27.7 Å². The van der Waals surface area contributed by atoms with Crippen molar-refractivity contribution >= 4 is 11.9 Å². The highest BCUT2D eigenvalue weighted by molar-refractivity contribution is 6.00. The zero-order chi connectivity index (χ0) is 14.0. The van der Waals surface area contributed by atoms with Crippen molar-refractivity contribution in [1.82, 2.24) is 0 Å². The molecule has 0 aromatic heterocycles. The van der Waals surface area contributed by atoms with Crippen LogP contribution in [0, 0.1) is 0 Å². The van der Waals surface area contributed by atoms with Gasteiger partial charge in [-0.2, -0.15) is 0 Å². The van der Waals surface area contributed by atoms with Gasteiger partial charge in [0, 0.05) is 11.1 Å². The first kappa shape index (κ1) is 16.7. The molecule has 4 heteroatoms. The number of carbonyl (C=O) groups excluding carboxylic acids is 2. The van der Waals surface area contributed by atoms with Gasteiger partial charge in [-0.05, 0) is 25.7 Å². The summed E-state index contributed by atoms with van der Waals surface area (Å²) in [5, 5.41) is 0. The normalized spacial score (nSPS) is 11.8. The first-order valence-corrected chi connectivity index (χ1v) is 6.68. The fourth-order valence-corrected chi connectivity index (χ4v) is 1.53. The van der Waals surface area contributed by atoms with Crippen molar-refractivity contribution in [3.8, 4) is 0 Å². The van der Waals surface area contributed by atoms with E-state index >= 15 is 0 Å². The molecule has 0 rings (SSSR count). The predicted octanol–water partition coefficient (Wildman–Crippen LogP) is 3.01. The third-order valence-corrected chi connectivity index (χ3v) is 2.44. The Morgan fingerprint density at radius 2 is 1.06 bits per heavy atom. The largest absolute Gasteiger partial charge is 0.462 e. The summed E-state index contributed by atoms with van der Waals surface area (Å²) in [5.74, 6) is -0.797. The molecule has 0 amide bonds.